The second kappa shape index (κ2) is 4.58. The van der Waals surface area contributed by atoms with E-state index in [2.05, 4.69) is 4.98 Å². The Morgan fingerprint density at radius 3 is 3.05 bits per heavy atom. The van der Waals surface area contributed by atoms with Gasteiger partial charge in [-0.2, -0.15) is 0 Å². The van der Waals surface area contributed by atoms with Gasteiger partial charge in [-0.3, -0.25) is 9.78 Å². The lowest BCUT2D eigenvalue weighted by Gasteiger charge is -2.29. The van der Waals surface area contributed by atoms with Crippen LogP contribution in [-0.4, -0.2) is 41.5 Å². The summed E-state index contributed by atoms with van der Waals surface area (Å²) < 4.78 is 10.6. The molecule has 102 valence electrons. The van der Waals surface area contributed by atoms with E-state index in [9.17, 15) is 9.90 Å². The molecule has 5 atom stereocenters. The minimum absolute atomic E-state index is 0.150. The molecular formula is C14H17NO4. The molecule has 3 heterocycles. The third-order valence-corrected chi connectivity index (χ3v) is 4.11. The molecule has 2 fully saturated rings. The van der Waals surface area contributed by atoms with Crippen LogP contribution < -0.4 is 0 Å². The fourth-order valence-electron chi connectivity index (χ4n) is 3.32. The molecule has 2 bridgehead atoms. The van der Waals surface area contributed by atoms with Crippen molar-refractivity contribution in [3.63, 3.8) is 0 Å². The number of hydrogen-bond donors (Lipinski definition) is 1. The quantitative estimate of drug-likeness (QED) is 0.799. The summed E-state index contributed by atoms with van der Waals surface area (Å²) in [5, 5.41) is 10.00. The number of esters is 1. The van der Waals surface area contributed by atoms with Gasteiger partial charge in [0.2, 0.25) is 0 Å². The first kappa shape index (κ1) is 12.6. The van der Waals surface area contributed by atoms with Gasteiger partial charge >= 0.3 is 5.97 Å². The highest BCUT2D eigenvalue weighted by Crippen LogP contribution is 2.49. The molecule has 0 spiro atoms. The fourth-order valence-corrected chi connectivity index (χ4v) is 3.32. The van der Waals surface area contributed by atoms with Crippen molar-refractivity contribution in [1.82, 2.24) is 4.98 Å². The average Bonchev–Trinajstić information content (AvgIpc) is 2.94. The second-order valence-electron chi connectivity index (χ2n) is 5.25. The van der Waals surface area contributed by atoms with E-state index in [0.717, 1.165) is 11.3 Å². The van der Waals surface area contributed by atoms with Crippen LogP contribution in [0.3, 0.4) is 0 Å². The number of pyridine rings is 1. The van der Waals surface area contributed by atoms with Crippen LogP contribution in [0.4, 0.5) is 0 Å². The molecule has 3 rings (SSSR count). The number of hydrogen-bond acceptors (Lipinski definition) is 5. The number of ether oxygens (including phenoxy) is 2. The van der Waals surface area contributed by atoms with E-state index in [-0.39, 0.29) is 30.0 Å². The van der Waals surface area contributed by atoms with E-state index in [1.807, 2.05) is 19.1 Å². The molecule has 5 nitrogen and oxygen atoms in total. The van der Waals surface area contributed by atoms with Gasteiger partial charge < -0.3 is 14.6 Å². The first-order valence-electron chi connectivity index (χ1n) is 6.45. The van der Waals surface area contributed by atoms with Crippen LogP contribution in [0.25, 0.3) is 0 Å². The predicted octanol–water partition coefficient (Wildman–Crippen LogP) is 0.795. The number of aliphatic hydroxyl groups is 1. The lowest BCUT2D eigenvalue weighted by molar-refractivity contribution is -0.147. The third kappa shape index (κ3) is 1.93. The van der Waals surface area contributed by atoms with Crippen molar-refractivity contribution in [2.24, 2.45) is 5.92 Å². The number of aliphatic hydroxyl groups excluding tert-OH is 1. The van der Waals surface area contributed by atoms with Crippen LogP contribution in [0.15, 0.2) is 18.3 Å². The summed E-state index contributed by atoms with van der Waals surface area (Å²) in [6, 6.07) is 3.82. The van der Waals surface area contributed by atoms with Crippen molar-refractivity contribution in [3.05, 3.63) is 29.6 Å². The minimum Gasteiger partial charge on any atom is -0.469 e. The van der Waals surface area contributed by atoms with Crippen molar-refractivity contribution < 1.29 is 19.4 Å². The SMILES string of the molecule is COC(=O)[C@H]1[C@@H](c2ccnc(C)c2)[C@@H]2O[C@H]1C[C@@H]2O. The molecule has 0 radical (unpaired) electrons. The zero-order valence-electron chi connectivity index (χ0n) is 10.9. The van der Waals surface area contributed by atoms with Crippen LogP contribution in [0.5, 0.6) is 0 Å². The lowest BCUT2D eigenvalue weighted by Crippen LogP contribution is -2.39. The minimum atomic E-state index is -0.510. The smallest absolute Gasteiger partial charge is 0.312 e. The van der Waals surface area contributed by atoms with Gasteiger partial charge in [-0.1, -0.05) is 0 Å². The number of nitrogens with zero attached hydrogens (tertiary/aromatic N) is 1. The number of aromatic nitrogens is 1. The molecule has 0 aromatic carbocycles. The normalized spacial score (nSPS) is 36.5. The second-order valence-corrected chi connectivity index (χ2v) is 5.25. The Bertz CT molecular complexity index is 504. The van der Waals surface area contributed by atoms with Gasteiger partial charge in [0.05, 0.1) is 31.3 Å². The molecule has 0 unspecified atom stereocenters. The van der Waals surface area contributed by atoms with Crippen LogP contribution in [0.2, 0.25) is 0 Å². The standard InChI is InChI=1S/C14H17NO4/c1-7-5-8(3-4-15-7)11-12(14(17)18-2)10-6-9(16)13(11)19-10/h3-5,9-13,16H,6H2,1-2H3/t9-,10-,11+,12+,13+/m0/s1. The highest BCUT2D eigenvalue weighted by molar-refractivity contribution is 5.75. The van der Waals surface area contributed by atoms with Gasteiger partial charge in [-0.05, 0) is 24.6 Å². The lowest BCUT2D eigenvalue weighted by atomic mass is 9.74. The molecule has 19 heavy (non-hydrogen) atoms. The number of methoxy groups -OCH3 is 1. The Hall–Kier alpha value is -1.46. The molecule has 0 saturated carbocycles. The molecule has 1 aromatic rings. The van der Waals surface area contributed by atoms with Crippen LogP contribution >= 0.6 is 0 Å². The summed E-state index contributed by atoms with van der Waals surface area (Å²) in [5.74, 6) is -0.748. The predicted molar refractivity (Wildman–Crippen MR) is 66.5 cm³/mol. The van der Waals surface area contributed by atoms with Gasteiger partial charge in [-0.25, -0.2) is 0 Å². The topological polar surface area (TPSA) is 68.7 Å². The Labute approximate surface area is 111 Å². The Balaban J connectivity index is 1.98. The zero-order valence-corrected chi connectivity index (χ0v) is 10.9. The fraction of sp³-hybridized carbons (Fsp3) is 0.571. The van der Waals surface area contributed by atoms with Gasteiger partial charge in [0, 0.05) is 24.2 Å². The molecule has 0 aliphatic carbocycles. The zero-order chi connectivity index (χ0) is 13.6. The van der Waals surface area contributed by atoms with E-state index < -0.39 is 6.10 Å². The van der Waals surface area contributed by atoms with Crippen molar-refractivity contribution in [3.8, 4) is 0 Å². The Morgan fingerprint density at radius 1 is 1.58 bits per heavy atom. The van der Waals surface area contributed by atoms with Crippen molar-refractivity contribution >= 4 is 5.97 Å². The maximum absolute atomic E-state index is 12.0. The van der Waals surface area contributed by atoms with Crippen LogP contribution in [-0.2, 0) is 14.3 Å². The number of rotatable bonds is 2. The number of aryl methyl sites for hydroxylation is 1. The number of carbonyl (C=O) groups excluding carboxylic acids is 1. The monoisotopic (exact) mass is 263 g/mol. The highest BCUT2D eigenvalue weighted by atomic mass is 16.5. The number of fused-ring (bicyclic) bond motifs is 2. The van der Waals surface area contributed by atoms with E-state index in [1.165, 1.54) is 7.11 Å². The molecule has 5 heteroatoms. The van der Waals surface area contributed by atoms with E-state index >= 15 is 0 Å². The molecule has 2 saturated heterocycles. The Kier molecular flexibility index (Phi) is 3.03. The summed E-state index contributed by atoms with van der Waals surface area (Å²) in [7, 11) is 1.39. The van der Waals surface area contributed by atoms with Crippen LogP contribution in [0.1, 0.15) is 23.6 Å². The average molecular weight is 263 g/mol. The van der Waals surface area contributed by atoms with Gasteiger partial charge in [-0.15, -0.1) is 0 Å². The summed E-state index contributed by atoms with van der Waals surface area (Å²) in [4.78, 5) is 16.1. The highest BCUT2D eigenvalue weighted by Gasteiger charge is 2.57. The summed E-state index contributed by atoms with van der Waals surface area (Å²) >= 11 is 0. The van der Waals surface area contributed by atoms with E-state index in [4.69, 9.17) is 9.47 Å². The third-order valence-electron chi connectivity index (χ3n) is 4.11. The first-order valence-corrected chi connectivity index (χ1v) is 6.45. The Morgan fingerprint density at radius 2 is 2.37 bits per heavy atom. The largest absolute Gasteiger partial charge is 0.469 e. The number of carbonyl (C=O) groups is 1. The maximum atomic E-state index is 12.0. The van der Waals surface area contributed by atoms with Crippen molar-refractivity contribution in [2.75, 3.05) is 7.11 Å². The molecule has 2 aliphatic rings. The van der Waals surface area contributed by atoms with Crippen molar-refractivity contribution in [1.29, 1.82) is 0 Å². The molecule has 2 aliphatic heterocycles. The van der Waals surface area contributed by atoms with Gasteiger partial charge in [0.1, 0.15) is 0 Å². The van der Waals surface area contributed by atoms with Gasteiger partial charge in [0.15, 0.2) is 0 Å². The van der Waals surface area contributed by atoms with E-state index in [1.54, 1.807) is 6.20 Å². The molecule has 0 amide bonds. The summed E-state index contributed by atoms with van der Waals surface area (Å²) in [6.07, 6.45) is 1.15. The van der Waals surface area contributed by atoms with E-state index in [0.29, 0.717) is 6.42 Å². The maximum Gasteiger partial charge on any atom is 0.312 e. The molecular weight excluding hydrogens is 246 g/mol. The van der Waals surface area contributed by atoms with Crippen LogP contribution in [0, 0.1) is 12.8 Å². The van der Waals surface area contributed by atoms with Crippen molar-refractivity contribution in [2.45, 2.75) is 37.6 Å². The van der Waals surface area contributed by atoms with Gasteiger partial charge in [0.25, 0.3) is 0 Å². The molecule has 1 aromatic heterocycles. The first-order chi connectivity index (χ1) is 9.11. The summed E-state index contributed by atoms with van der Waals surface area (Å²) in [6.45, 7) is 1.90. The molecule has 1 N–H and O–H groups in total. The summed E-state index contributed by atoms with van der Waals surface area (Å²) in [5.41, 5.74) is 1.87.